The number of aliphatic hydroxyl groups is 1. The van der Waals surface area contributed by atoms with Gasteiger partial charge in [0.05, 0.1) is 6.20 Å². The van der Waals surface area contributed by atoms with Gasteiger partial charge < -0.3 is 23.9 Å². The van der Waals surface area contributed by atoms with Crippen molar-refractivity contribution in [2.75, 3.05) is 13.1 Å². The number of benzene rings is 2. The highest BCUT2D eigenvalue weighted by Gasteiger charge is 2.58. The van der Waals surface area contributed by atoms with E-state index < -0.39 is 34.8 Å². The molecule has 0 unspecified atom stereocenters. The summed E-state index contributed by atoms with van der Waals surface area (Å²) in [5.41, 5.74) is -1.85. The molecule has 1 saturated heterocycles. The van der Waals surface area contributed by atoms with Gasteiger partial charge in [-0.2, -0.15) is 0 Å². The second-order valence-corrected chi connectivity index (χ2v) is 10.5. The van der Waals surface area contributed by atoms with Crippen molar-refractivity contribution >= 4 is 6.09 Å². The molecule has 1 N–H and O–H groups in total. The third kappa shape index (κ3) is 5.44. The van der Waals surface area contributed by atoms with Gasteiger partial charge in [-0.3, -0.25) is 0 Å². The van der Waals surface area contributed by atoms with Crippen LogP contribution in [0.1, 0.15) is 44.6 Å². The molecule has 0 saturated carbocycles. The standard InChI is InChI=1S/C27H29F3N2O5/c1-17-14-31-22(35-17)18-7-6-8-20(13-18)26(34,19-9-11-21(12-10-19)36-27(28,29)30)25(5)15-32(16-25)23(33)37-24(2,3)4/h6-14,34H,15-16H2,1-5H3/t26-/m0/s1. The Morgan fingerprint density at radius 2 is 1.73 bits per heavy atom. The summed E-state index contributed by atoms with van der Waals surface area (Å²) in [7, 11) is 0. The lowest BCUT2D eigenvalue weighted by Gasteiger charge is -2.56. The minimum atomic E-state index is -4.84. The molecule has 7 nitrogen and oxygen atoms in total. The van der Waals surface area contributed by atoms with Crippen LogP contribution < -0.4 is 4.74 Å². The van der Waals surface area contributed by atoms with Gasteiger partial charge in [0.25, 0.3) is 0 Å². The van der Waals surface area contributed by atoms with Gasteiger partial charge in [0, 0.05) is 24.1 Å². The normalized spacial score (nSPS) is 17.1. The lowest BCUT2D eigenvalue weighted by atomic mass is 9.62. The van der Waals surface area contributed by atoms with E-state index in [2.05, 4.69) is 9.72 Å². The summed E-state index contributed by atoms with van der Waals surface area (Å²) in [5, 5.41) is 12.4. The molecule has 1 aromatic heterocycles. The predicted molar refractivity (Wildman–Crippen MR) is 129 cm³/mol. The molecule has 37 heavy (non-hydrogen) atoms. The minimum Gasteiger partial charge on any atom is -0.444 e. The van der Waals surface area contributed by atoms with E-state index in [4.69, 9.17) is 9.15 Å². The zero-order valence-electron chi connectivity index (χ0n) is 21.2. The molecule has 1 fully saturated rings. The van der Waals surface area contributed by atoms with Crippen molar-refractivity contribution in [3.05, 3.63) is 71.6 Å². The molecule has 1 atom stereocenters. The van der Waals surface area contributed by atoms with E-state index in [1.54, 1.807) is 58.2 Å². The Labute approximate surface area is 212 Å². The van der Waals surface area contributed by atoms with Crippen molar-refractivity contribution in [2.24, 2.45) is 5.41 Å². The minimum absolute atomic E-state index is 0.154. The first-order valence-corrected chi connectivity index (χ1v) is 11.7. The van der Waals surface area contributed by atoms with Crippen molar-refractivity contribution in [3.63, 3.8) is 0 Å². The smallest absolute Gasteiger partial charge is 0.444 e. The summed E-state index contributed by atoms with van der Waals surface area (Å²) in [6, 6.07) is 12.1. The summed E-state index contributed by atoms with van der Waals surface area (Å²) < 4.78 is 53.2. The average molecular weight is 519 g/mol. The molecule has 0 radical (unpaired) electrons. The number of ether oxygens (including phenoxy) is 2. The fourth-order valence-corrected chi connectivity index (χ4v) is 4.61. The molecule has 4 rings (SSSR count). The molecular weight excluding hydrogens is 489 g/mol. The Bertz CT molecular complexity index is 1270. The van der Waals surface area contributed by atoms with E-state index in [1.807, 2.05) is 6.92 Å². The number of rotatable bonds is 5. The van der Waals surface area contributed by atoms with Crippen molar-refractivity contribution in [3.8, 4) is 17.2 Å². The Morgan fingerprint density at radius 3 is 2.27 bits per heavy atom. The van der Waals surface area contributed by atoms with E-state index >= 15 is 0 Å². The van der Waals surface area contributed by atoms with Crippen molar-refractivity contribution in [2.45, 2.75) is 52.2 Å². The number of carbonyl (C=O) groups excluding carboxylic acids is 1. The molecule has 0 spiro atoms. The second kappa shape index (κ2) is 9.09. The van der Waals surface area contributed by atoms with E-state index in [0.717, 1.165) is 12.1 Å². The van der Waals surface area contributed by atoms with Crippen molar-refractivity contribution < 1.29 is 37.0 Å². The van der Waals surface area contributed by atoms with Crippen molar-refractivity contribution in [1.82, 2.24) is 9.88 Å². The lowest BCUT2D eigenvalue weighted by molar-refractivity contribution is -0.274. The second-order valence-electron chi connectivity index (χ2n) is 10.5. The number of amides is 1. The molecule has 2 aromatic carbocycles. The monoisotopic (exact) mass is 518 g/mol. The van der Waals surface area contributed by atoms with E-state index in [1.165, 1.54) is 17.0 Å². The third-order valence-electron chi connectivity index (χ3n) is 6.26. The fourth-order valence-electron chi connectivity index (χ4n) is 4.61. The molecule has 0 aliphatic carbocycles. The first kappa shape index (κ1) is 26.5. The van der Waals surface area contributed by atoms with Crippen LogP contribution in [0.5, 0.6) is 5.75 Å². The average Bonchev–Trinajstić information content (AvgIpc) is 3.21. The number of nitrogens with zero attached hydrogens (tertiary/aromatic N) is 2. The van der Waals surface area contributed by atoms with E-state index in [9.17, 15) is 23.1 Å². The fraction of sp³-hybridized carbons (Fsp3) is 0.407. The summed E-state index contributed by atoms with van der Waals surface area (Å²) in [6.45, 7) is 9.18. The lowest BCUT2D eigenvalue weighted by Crippen LogP contribution is -2.66. The van der Waals surface area contributed by atoms with Gasteiger partial charge in [-0.05, 0) is 63.1 Å². The zero-order chi connectivity index (χ0) is 27.2. The number of carbonyl (C=O) groups is 1. The van der Waals surface area contributed by atoms with Gasteiger partial charge in [-0.25, -0.2) is 9.78 Å². The quantitative estimate of drug-likeness (QED) is 0.443. The highest BCUT2D eigenvalue weighted by atomic mass is 19.4. The highest BCUT2D eigenvalue weighted by molar-refractivity contribution is 5.70. The molecule has 0 bridgehead atoms. The van der Waals surface area contributed by atoms with Crippen molar-refractivity contribution in [1.29, 1.82) is 0 Å². The number of oxazole rings is 1. The Kier molecular flexibility index (Phi) is 6.52. The number of hydrogen-bond donors (Lipinski definition) is 1. The van der Waals surface area contributed by atoms with E-state index in [0.29, 0.717) is 28.3 Å². The summed E-state index contributed by atoms with van der Waals surface area (Å²) >= 11 is 0. The number of likely N-dealkylation sites (tertiary alicyclic amines) is 1. The molecule has 1 aliphatic heterocycles. The van der Waals surface area contributed by atoms with Crippen LogP contribution in [0.3, 0.4) is 0 Å². The van der Waals surface area contributed by atoms with Crippen LogP contribution in [0.15, 0.2) is 59.1 Å². The Hall–Kier alpha value is -3.53. The number of alkyl halides is 3. The van der Waals surface area contributed by atoms with Crippen LogP contribution in [0.4, 0.5) is 18.0 Å². The Balaban J connectivity index is 1.74. The van der Waals surface area contributed by atoms with Gasteiger partial charge >= 0.3 is 12.5 Å². The maximum atomic E-state index is 12.7. The highest BCUT2D eigenvalue weighted by Crippen LogP contribution is 2.51. The molecule has 10 heteroatoms. The van der Waals surface area contributed by atoms with Crippen LogP contribution in [0.25, 0.3) is 11.5 Å². The summed E-state index contributed by atoms with van der Waals surface area (Å²) in [6.07, 6.45) is -3.77. The number of halogens is 3. The van der Waals surface area contributed by atoms with Gasteiger partial charge in [0.1, 0.15) is 22.7 Å². The third-order valence-corrected chi connectivity index (χ3v) is 6.26. The summed E-state index contributed by atoms with van der Waals surface area (Å²) in [4.78, 5) is 18.4. The number of hydrogen-bond acceptors (Lipinski definition) is 6. The SMILES string of the molecule is Cc1cnc(-c2cccc([C@@](O)(c3ccc(OC(F)(F)F)cc3)C3(C)CN(C(=O)OC(C)(C)C)C3)c2)o1. The van der Waals surface area contributed by atoms with Gasteiger partial charge in [0.15, 0.2) is 0 Å². The number of aryl methyl sites for hydroxylation is 1. The molecule has 1 aliphatic rings. The first-order chi connectivity index (χ1) is 17.1. The maximum Gasteiger partial charge on any atom is 0.573 e. The molecule has 3 aromatic rings. The van der Waals surface area contributed by atoms with Crippen LogP contribution in [0.2, 0.25) is 0 Å². The molecular formula is C27H29F3N2O5. The topological polar surface area (TPSA) is 85.0 Å². The van der Waals surface area contributed by atoms with E-state index in [-0.39, 0.29) is 13.1 Å². The number of aromatic nitrogens is 1. The van der Waals surface area contributed by atoms with Gasteiger partial charge in [-0.1, -0.05) is 31.2 Å². The van der Waals surface area contributed by atoms with Gasteiger partial charge in [-0.15, -0.1) is 13.2 Å². The summed E-state index contributed by atoms with van der Waals surface area (Å²) in [5.74, 6) is 0.580. The van der Waals surface area contributed by atoms with Gasteiger partial charge in [0.2, 0.25) is 5.89 Å². The maximum absolute atomic E-state index is 12.7. The van der Waals surface area contributed by atoms with Crippen LogP contribution >= 0.6 is 0 Å². The van der Waals surface area contributed by atoms with Crippen LogP contribution in [-0.2, 0) is 10.3 Å². The first-order valence-electron chi connectivity index (χ1n) is 11.7. The van der Waals surface area contributed by atoms with Crippen LogP contribution in [0, 0.1) is 12.3 Å². The zero-order valence-corrected chi connectivity index (χ0v) is 21.2. The largest absolute Gasteiger partial charge is 0.573 e. The molecule has 2 heterocycles. The predicted octanol–water partition coefficient (Wildman–Crippen LogP) is 6.04. The van der Waals surface area contributed by atoms with Crippen LogP contribution in [-0.4, -0.2) is 46.1 Å². The Morgan fingerprint density at radius 1 is 1.08 bits per heavy atom. The molecule has 198 valence electrons. The molecule has 1 amide bonds.